The van der Waals surface area contributed by atoms with Gasteiger partial charge in [-0.1, -0.05) is 11.6 Å². The fourth-order valence-electron chi connectivity index (χ4n) is 7.81. The molecule has 8 bridgehead atoms. The van der Waals surface area contributed by atoms with Crippen LogP contribution in [0.3, 0.4) is 0 Å². The van der Waals surface area contributed by atoms with Crippen LogP contribution in [-0.4, -0.2) is 97.3 Å². The molecule has 1 aromatic carbocycles. The summed E-state index contributed by atoms with van der Waals surface area (Å²) in [6.45, 7) is 2.26. The molecule has 244 valence electrons. The molecule has 47 heavy (non-hydrogen) atoms. The molecule has 0 unspecified atom stereocenters. The van der Waals surface area contributed by atoms with Crippen LogP contribution in [0.15, 0.2) is 29.1 Å². The number of oxazole rings is 1. The lowest BCUT2D eigenvalue weighted by molar-refractivity contribution is -0.0560. The Labute approximate surface area is 272 Å². The third kappa shape index (κ3) is 4.75. The lowest BCUT2D eigenvalue weighted by Crippen LogP contribution is -2.46. The van der Waals surface area contributed by atoms with Crippen molar-refractivity contribution in [1.82, 2.24) is 35.0 Å². The van der Waals surface area contributed by atoms with E-state index < -0.39 is 29.7 Å². The minimum absolute atomic E-state index is 0.0195. The van der Waals surface area contributed by atoms with Gasteiger partial charge in [0, 0.05) is 54.6 Å². The summed E-state index contributed by atoms with van der Waals surface area (Å²) in [5, 5.41) is 19.8. The van der Waals surface area contributed by atoms with Crippen molar-refractivity contribution in [3.05, 3.63) is 52.7 Å². The highest BCUT2D eigenvalue weighted by molar-refractivity contribution is 6.33. The molecule has 4 atom stereocenters. The Morgan fingerprint density at radius 2 is 2.04 bits per heavy atom. The maximum Gasteiger partial charge on any atom is 0.319 e. The van der Waals surface area contributed by atoms with Gasteiger partial charge in [0.1, 0.15) is 41.7 Å². The molecule has 0 spiro atoms. The van der Waals surface area contributed by atoms with E-state index in [2.05, 4.69) is 30.0 Å². The number of benzene rings is 1. The maximum absolute atomic E-state index is 17.0. The van der Waals surface area contributed by atoms with Crippen LogP contribution in [0.2, 0.25) is 5.02 Å². The molecule has 9 heterocycles. The first-order valence-electron chi connectivity index (χ1n) is 15.9. The predicted octanol–water partition coefficient (Wildman–Crippen LogP) is 4.34. The highest BCUT2D eigenvalue weighted by atomic mass is 35.5. The molecule has 0 saturated carbocycles. The number of alkyl halides is 1. The van der Waals surface area contributed by atoms with Gasteiger partial charge in [-0.2, -0.15) is 15.1 Å². The van der Waals surface area contributed by atoms with E-state index in [0.29, 0.717) is 76.4 Å². The number of fused-ring (bicyclic) bond motifs is 4. The lowest BCUT2D eigenvalue weighted by Gasteiger charge is -2.35. The monoisotopic (exact) mass is 664 g/mol. The van der Waals surface area contributed by atoms with Gasteiger partial charge in [0.15, 0.2) is 11.9 Å². The summed E-state index contributed by atoms with van der Waals surface area (Å²) >= 11 is 6.83. The van der Waals surface area contributed by atoms with Crippen molar-refractivity contribution in [3.63, 3.8) is 0 Å². The van der Waals surface area contributed by atoms with Gasteiger partial charge in [-0.05, 0) is 37.4 Å². The fourth-order valence-corrected chi connectivity index (χ4v) is 8.10. The van der Waals surface area contributed by atoms with Crippen molar-refractivity contribution in [2.75, 3.05) is 44.3 Å². The van der Waals surface area contributed by atoms with Crippen LogP contribution in [0, 0.1) is 5.82 Å². The highest BCUT2D eigenvalue weighted by Crippen LogP contribution is 2.42. The number of hydrogen-bond donors (Lipinski definition) is 2. The molecule has 5 aliphatic heterocycles. The number of aliphatic hydroxyl groups is 1. The van der Waals surface area contributed by atoms with Crippen molar-refractivity contribution in [3.8, 4) is 17.3 Å². The zero-order valence-electron chi connectivity index (χ0n) is 25.3. The number of H-pyrrole nitrogens is 1. The fraction of sp³-hybridized carbons (Fsp3) is 0.469. The second-order valence-corrected chi connectivity index (χ2v) is 13.3. The van der Waals surface area contributed by atoms with Crippen LogP contribution in [0.4, 0.5) is 14.6 Å². The molecular weight excluding hydrogens is 634 g/mol. The van der Waals surface area contributed by atoms with Crippen LogP contribution in [0.25, 0.3) is 33.1 Å². The van der Waals surface area contributed by atoms with E-state index in [1.165, 1.54) is 0 Å². The second kappa shape index (κ2) is 11.0. The molecular formula is C32H31ClF2N8O4. The van der Waals surface area contributed by atoms with Crippen LogP contribution >= 0.6 is 11.6 Å². The normalized spacial score (nSPS) is 26.0. The summed E-state index contributed by atoms with van der Waals surface area (Å²) in [6.07, 6.45) is 4.86. The minimum Gasteiger partial charge on any atom is -0.461 e. The zero-order valence-corrected chi connectivity index (χ0v) is 26.0. The quantitative estimate of drug-likeness (QED) is 0.285. The first kappa shape index (κ1) is 29.2. The van der Waals surface area contributed by atoms with Gasteiger partial charge < -0.3 is 23.9 Å². The van der Waals surface area contributed by atoms with Gasteiger partial charge in [-0.3, -0.25) is 15.0 Å². The number of aliphatic hydroxyl groups excluding tert-OH is 1. The van der Waals surface area contributed by atoms with Crippen LogP contribution < -0.4 is 9.64 Å². The number of aryl methyl sites for hydroxylation is 1. The molecule has 3 saturated heterocycles. The zero-order chi connectivity index (χ0) is 31.9. The van der Waals surface area contributed by atoms with Crippen molar-refractivity contribution < 1.29 is 27.8 Å². The average Bonchev–Trinajstić information content (AvgIpc) is 3.87. The summed E-state index contributed by atoms with van der Waals surface area (Å²) in [7, 11) is 0. The third-order valence-corrected chi connectivity index (χ3v) is 10.4. The number of pyridine rings is 1. The van der Waals surface area contributed by atoms with Gasteiger partial charge in [-0.15, -0.1) is 0 Å². The standard InChI is InChI=1S/C32H31ClF2N8O4/c33-21-8-22-19(12-38-41-22)24-18(21)3-2-17-10-37-30(47-17)28(44)23-14-42(6-7-45-23)29-20-11-36-27(24)25(35)26(20)39-31(40-29)46-15-32-4-1-5-43(32)13-16(34)9-32/h8,10-12,16,23,28,44H,1-7,9,13-15H2,(H,38,41)/t16-,23-,28+,32+/m1/s1. The number of hydrogen-bond acceptors (Lipinski definition) is 11. The summed E-state index contributed by atoms with van der Waals surface area (Å²) in [5.74, 6) is 0.408. The minimum atomic E-state index is -1.16. The number of aromatic nitrogens is 6. The van der Waals surface area contributed by atoms with Gasteiger partial charge in [0.05, 0.1) is 35.4 Å². The van der Waals surface area contributed by atoms with Gasteiger partial charge in [-0.25, -0.2) is 13.8 Å². The number of ether oxygens (including phenoxy) is 2. The van der Waals surface area contributed by atoms with Gasteiger partial charge in [0.25, 0.3) is 0 Å². The van der Waals surface area contributed by atoms with Crippen LogP contribution in [-0.2, 0) is 17.6 Å². The molecule has 10 rings (SSSR count). The van der Waals surface area contributed by atoms with Crippen molar-refractivity contribution in [2.24, 2.45) is 0 Å². The molecule has 0 amide bonds. The Hall–Kier alpha value is -3.98. The Morgan fingerprint density at radius 3 is 2.96 bits per heavy atom. The Kier molecular flexibility index (Phi) is 6.86. The molecule has 0 aliphatic carbocycles. The molecule has 2 N–H and O–H groups in total. The van der Waals surface area contributed by atoms with E-state index in [1.807, 2.05) is 4.90 Å². The number of aromatic amines is 1. The van der Waals surface area contributed by atoms with Gasteiger partial charge >= 0.3 is 6.01 Å². The molecule has 0 radical (unpaired) electrons. The number of nitrogens with zero attached hydrogens (tertiary/aromatic N) is 7. The van der Waals surface area contributed by atoms with Crippen molar-refractivity contribution in [1.29, 1.82) is 0 Å². The highest BCUT2D eigenvalue weighted by Gasteiger charge is 2.49. The number of halogens is 3. The molecule has 15 heteroatoms. The lowest BCUT2D eigenvalue weighted by atomic mass is 9.95. The van der Waals surface area contributed by atoms with E-state index in [9.17, 15) is 9.50 Å². The SMILES string of the molecule is O[C@@H]1c2ncc(o2)CCc2c(Cl)cc3[nH]ncc3c2-c2ncc3c(nc(OC[C@@]45CCCN4C[C@H](F)C5)nc3c2F)N2CCO[C@@H]1C2. The third-order valence-electron chi connectivity index (χ3n) is 10.1. The van der Waals surface area contributed by atoms with E-state index in [0.717, 1.165) is 19.4 Å². The number of morpholine rings is 1. The largest absolute Gasteiger partial charge is 0.461 e. The van der Waals surface area contributed by atoms with E-state index in [4.69, 9.17) is 30.5 Å². The predicted molar refractivity (Wildman–Crippen MR) is 167 cm³/mol. The summed E-state index contributed by atoms with van der Waals surface area (Å²) in [5.41, 5.74) is 1.41. The topological polar surface area (TPSA) is 139 Å². The smallest absolute Gasteiger partial charge is 0.319 e. The Bertz CT molecular complexity index is 2020. The molecule has 12 nitrogen and oxygen atoms in total. The van der Waals surface area contributed by atoms with Crippen molar-refractivity contribution in [2.45, 2.75) is 56.0 Å². The van der Waals surface area contributed by atoms with Gasteiger partial charge in [0.2, 0.25) is 5.89 Å². The number of nitrogens with one attached hydrogen (secondary N) is 1. The summed E-state index contributed by atoms with van der Waals surface area (Å²) in [4.78, 5) is 22.4. The number of anilines is 1. The molecule has 5 aromatic rings. The van der Waals surface area contributed by atoms with Crippen LogP contribution in [0.5, 0.6) is 6.01 Å². The van der Waals surface area contributed by atoms with Crippen LogP contribution in [0.1, 0.15) is 42.6 Å². The Balaban J connectivity index is 1.23. The molecule has 4 aromatic heterocycles. The first-order chi connectivity index (χ1) is 22.9. The van der Waals surface area contributed by atoms with E-state index in [1.54, 1.807) is 24.7 Å². The maximum atomic E-state index is 17.0. The van der Waals surface area contributed by atoms with E-state index in [-0.39, 0.29) is 42.9 Å². The van der Waals surface area contributed by atoms with Crippen molar-refractivity contribution >= 4 is 39.2 Å². The average molecular weight is 665 g/mol. The summed E-state index contributed by atoms with van der Waals surface area (Å²) < 4.78 is 49.8. The number of rotatable bonds is 3. The molecule has 5 aliphatic rings. The molecule has 3 fully saturated rings. The Morgan fingerprint density at radius 1 is 1.13 bits per heavy atom. The first-order valence-corrected chi connectivity index (χ1v) is 16.3. The summed E-state index contributed by atoms with van der Waals surface area (Å²) in [6, 6.07) is 1.73. The van der Waals surface area contributed by atoms with E-state index >= 15 is 4.39 Å². The second-order valence-electron chi connectivity index (χ2n) is 12.9.